The first-order valence-electron chi connectivity index (χ1n) is 4.41. The van der Waals surface area contributed by atoms with Gasteiger partial charge in [0.2, 0.25) is 0 Å². The summed E-state index contributed by atoms with van der Waals surface area (Å²) < 4.78 is 28.1. The predicted octanol–water partition coefficient (Wildman–Crippen LogP) is 0.112. The highest BCUT2D eigenvalue weighted by atomic mass is 32.2. The Hall–Kier alpha value is -0.200. The van der Waals surface area contributed by atoms with Crippen molar-refractivity contribution in [3.05, 3.63) is 0 Å². The van der Waals surface area contributed by atoms with Crippen LogP contribution in [0.15, 0.2) is 0 Å². The third kappa shape index (κ3) is 1.78. The molecule has 4 nitrogen and oxygen atoms in total. The molecule has 0 unspecified atom stereocenters. The van der Waals surface area contributed by atoms with E-state index in [1.165, 1.54) is 7.11 Å². The number of nitrogens with two attached hydrogens (primary N) is 1. The van der Waals surface area contributed by atoms with Gasteiger partial charge in [0.05, 0.1) is 22.3 Å². The van der Waals surface area contributed by atoms with Crippen molar-refractivity contribution in [2.45, 2.75) is 18.6 Å². The van der Waals surface area contributed by atoms with Crippen LogP contribution in [-0.4, -0.2) is 38.1 Å². The minimum absolute atomic E-state index is 0.131. The first-order chi connectivity index (χ1) is 6.40. The van der Waals surface area contributed by atoms with Crippen molar-refractivity contribution in [1.82, 2.24) is 0 Å². The van der Waals surface area contributed by atoms with Gasteiger partial charge in [0.1, 0.15) is 0 Å². The normalized spacial score (nSPS) is 31.4. The molecule has 0 aliphatic heterocycles. The number of ether oxygens (including phenoxy) is 1. The summed E-state index contributed by atoms with van der Waals surface area (Å²) in [4.78, 5) is 0.251. The molecule has 0 spiro atoms. The summed E-state index contributed by atoms with van der Waals surface area (Å²) in [5.41, 5.74) is 4.95. The monoisotopic (exact) mass is 237 g/mol. The average Bonchev–Trinajstić information content (AvgIpc) is 2.82. The highest BCUT2D eigenvalue weighted by Gasteiger charge is 2.62. The molecule has 0 aromatic heterocycles. The number of sulfone groups is 1. The smallest absolute Gasteiger partial charge is 0.153 e. The molecule has 82 valence electrons. The molecule has 1 aliphatic rings. The first kappa shape index (κ1) is 11.9. The minimum atomic E-state index is -3.05. The fraction of sp³-hybridized carbons (Fsp3) is 0.875. The van der Waals surface area contributed by atoms with E-state index in [0.717, 1.165) is 0 Å². The first-order valence-corrected chi connectivity index (χ1v) is 6.53. The molecule has 0 heterocycles. The van der Waals surface area contributed by atoms with Gasteiger partial charge in [0, 0.05) is 12.9 Å². The van der Waals surface area contributed by atoms with Gasteiger partial charge in [-0.15, -0.1) is 0 Å². The molecule has 0 amide bonds. The summed E-state index contributed by atoms with van der Waals surface area (Å²) >= 11 is 4.89. The standard InChI is InChI=1S/C8H15NO3S2/c1-3-14(10,11)6-4-8(6,5-12-2)7(9)13/h6H,3-5H2,1-2H3,(H2,9,13)/t6-,8-/m1/s1. The van der Waals surface area contributed by atoms with Crippen molar-refractivity contribution in [2.24, 2.45) is 11.1 Å². The molecule has 14 heavy (non-hydrogen) atoms. The van der Waals surface area contributed by atoms with Crippen LogP contribution >= 0.6 is 12.2 Å². The number of thiocarbonyl (C=S) groups is 1. The second-order valence-corrected chi connectivity index (χ2v) is 6.51. The molecular weight excluding hydrogens is 222 g/mol. The van der Waals surface area contributed by atoms with Crippen LogP contribution in [0.4, 0.5) is 0 Å². The third-order valence-electron chi connectivity index (χ3n) is 2.73. The second-order valence-electron chi connectivity index (χ2n) is 3.60. The molecule has 2 atom stereocenters. The van der Waals surface area contributed by atoms with Gasteiger partial charge in [-0.3, -0.25) is 0 Å². The van der Waals surface area contributed by atoms with Gasteiger partial charge >= 0.3 is 0 Å². The van der Waals surface area contributed by atoms with Crippen LogP contribution < -0.4 is 5.73 Å². The van der Waals surface area contributed by atoms with Crippen LogP contribution in [-0.2, 0) is 14.6 Å². The molecule has 1 rings (SSSR count). The molecular formula is C8H15NO3S2. The Labute approximate surface area is 89.7 Å². The number of hydrogen-bond donors (Lipinski definition) is 1. The summed E-state index contributed by atoms with van der Waals surface area (Å²) in [6.07, 6.45) is 0.506. The third-order valence-corrected chi connectivity index (χ3v) is 5.43. The maximum absolute atomic E-state index is 11.6. The van der Waals surface area contributed by atoms with Gasteiger partial charge in [-0.25, -0.2) is 8.42 Å². The van der Waals surface area contributed by atoms with Crippen molar-refractivity contribution in [2.75, 3.05) is 19.5 Å². The van der Waals surface area contributed by atoms with Crippen LogP contribution in [0, 0.1) is 5.41 Å². The number of hydrogen-bond acceptors (Lipinski definition) is 4. The van der Waals surface area contributed by atoms with E-state index in [4.69, 9.17) is 22.7 Å². The summed E-state index contributed by atoms with van der Waals surface area (Å²) in [5, 5.41) is -0.433. The van der Waals surface area contributed by atoms with Gasteiger partial charge in [-0.1, -0.05) is 19.1 Å². The lowest BCUT2D eigenvalue weighted by Crippen LogP contribution is -2.33. The Balaban J connectivity index is 2.86. The van der Waals surface area contributed by atoms with Gasteiger partial charge in [0.15, 0.2) is 9.84 Å². The van der Waals surface area contributed by atoms with Crippen molar-refractivity contribution in [3.8, 4) is 0 Å². The maximum Gasteiger partial charge on any atom is 0.153 e. The Kier molecular flexibility index (Phi) is 3.18. The van der Waals surface area contributed by atoms with Gasteiger partial charge in [-0.2, -0.15) is 0 Å². The van der Waals surface area contributed by atoms with E-state index < -0.39 is 20.5 Å². The molecule has 0 bridgehead atoms. The van der Waals surface area contributed by atoms with E-state index in [0.29, 0.717) is 13.0 Å². The molecule has 0 radical (unpaired) electrons. The molecule has 6 heteroatoms. The highest BCUT2D eigenvalue weighted by molar-refractivity contribution is 7.92. The van der Waals surface area contributed by atoms with E-state index in [1.807, 2.05) is 0 Å². The van der Waals surface area contributed by atoms with Gasteiger partial charge in [0.25, 0.3) is 0 Å². The lowest BCUT2D eigenvalue weighted by Gasteiger charge is -2.14. The summed E-state index contributed by atoms with van der Waals surface area (Å²) in [6.45, 7) is 1.93. The Morgan fingerprint density at radius 3 is 2.64 bits per heavy atom. The van der Waals surface area contributed by atoms with Crippen LogP contribution in [0.2, 0.25) is 0 Å². The van der Waals surface area contributed by atoms with Crippen LogP contribution in [0.3, 0.4) is 0 Å². The molecule has 0 aromatic carbocycles. The minimum Gasteiger partial charge on any atom is -0.393 e. The Morgan fingerprint density at radius 1 is 1.71 bits per heavy atom. The van der Waals surface area contributed by atoms with E-state index in [9.17, 15) is 8.42 Å². The zero-order valence-corrected chi connectivity index (χ0v) is 9.95. The van der Waals surface area contributed by atoms with Crippen molar-refractivity contribution in [3.63, 3.8) is 0 Å². The molecule has 0 saturated heterocycles. The summed E-state index contributed by atoms with van der Waals surface area (Å²) in [7, 11) is -1.53. The molecule has 1 saturated carbocycles. The lowest BCUT2D eigenvalue weighted by molar-refractivity contribution is 0.169. The van der Waals surface area contributed by atoms with E-state index in [1.54, 1.807) is 6.92 Å². The molecule has 0 aromatic rings. The SMILES string of the molecule is CCS(=O)(=O)[C@@H]1C[C@]1(COC)C(N)=S. The zero-order valence-electron chi connectivity index (χ0n) is 8.32. The number of rotatable bonds is 5. The zero-order chi connectivity index (χ0) is 11.0. The Morgan fingerprint density at radius 2 is 2.29 bits per heavy atom. The van der Waals surface area contributed by atoms with Gasteiger partial charge < -0.3 is 10.5 Å². The topological polar surface area (TPSA) is 69.4 Å². The predicted molar refractivity (Wildman–Crippen MR) is 59.0 cm³/mol. The quantitative estimate of drug-likeness (QED) is 0.687. The average molecular weight is 237 g/mol. The molecule has 1 fully saturated rings. The largest absolute Gasteiger partial charge is 0.393 e. The van der Waals surface area contributed by atoms with Crippen LogP contribution in [0.25, 0.3) is 0 Å². The molecule has 1 aliphatic carbocycles. The van der Waals surface area contributed by atoms with E-state index >= 15 is 0 Å². The fourth-order valence-electron chi connectivity index (χ4n) is 1.68. The van der Waals surface area contributed by atoms with Crippen molar-refractivity contribution >= 4 is 27.0 Å². The van der Waals surface area contributed by atoms with Crippen LogP contribution in [0.1, 0.15) is 13.3 Å². The second kappa shape index (κ2) is 3.75. The summed E-state index contributed by atoms with van der Waals surface area (Å²) in [6, 6.07) is 0. The van der Waals surface area contributed by atoms with E-state index in [2.05, 4.69) is 0 Å². The Bertz CT molecular complexity index is 338. The van der Waals surface area contributed by atoms with Gasteiger partial charge in [-0.05, 0) is 6.42 Å². The maximum atomic E-state index is 11.6. The van der Waals surface area contributed by atoms with Crippen LogP contribution in [0.5, 0.6) is 0 Å². The summed E-state index contributed by atoms with van der Waals surface area (Å²) in [5.74, 6) is 0.131. The highest BCUT2D eigenvalue weighted by Crippen LogP contribution is 2.51. The van der Waals surface area contributed by atoms with E-state index in [-0.39, 0.29) is 10.7 Å². The van der Waals surface area contributed by atoms with Crippen molar-refractivity contribution < 1.29 is 13.2 Å². The number of methoxy groups -OCH3 is 1. The molecule has 2 N–H and O–H groups in total. The lowest BCUT2D eigenvalue weighted by atomic mass is 10.1. The fourth-order valence-corrected chi connectivity index (χ4v) is 3.88. The van der Waals surface area contributed by atoms with Crippen molar-refractivity contribution in [1.29, 1.82) is 0 Å².